The number of esters is 1. The molecule has 8 nitrogen and oxygen atoms in total. The zero-order chi connectivity index (χ0) is 24.8. The highest BCUT2D eigenvalue weighted by Gasteiger charge is 2.37. The Hall–Kier alpha value is -2.94. The number of benzene rings is 1. The third kappa shape index (κ3) is 6.14. The van der Waals surface area contributed by atoms with Gasteiger partial charge in [-0.2, -0.15) is 0 Å². The Bertz CT molecular complexity index is 949. The monoisotopic (exact) mass is 474 g/mol. The average Bonchev–Trinajstić information content (AvgIpc) is 3.02. The normalized spacial score (nSPS) is 19.8. The van der Waals surface area contributed by atoms with E-state index in [9.17, 15) is 18.8 Å². The summed E-state index contributed by atoms with van der Waals surface area (Å²) < 4.78 is 19.3. The Morgan fingerprint density at radius 2 is 1.97 bits per heavy atom. The maximum atomic E-state index is 14.0. The van der Waals surface area contributed by atoms with Crippen LogP contribution in [0.5, 0.6) is 0 Å². The van der Waals surface area contributed by atoms with Gasteiger partial charge < -0.3 is 15.0 Å². The molecular weight excluding hydrogens is 439 g/mol. The molecule has 3 amide bonds. The second-order valence-electron chi connectivity index (χ2n) is 9.19. The second-order valence-corrected chi connectivity index (χ2v) is 9.19. The number of carbonyl (C=O) groups excluding carboxylic acids is 3. The van der Waals surface area contributed by atoms with Crippen LogP contribution in [0.3, 0.4) is 0 Å². The summed E-state index contributed by atoms with van der Waals surface area (Å²) in [6.07, 6.45) is 1.32. The standard InChI is InChI=1S/C25H35FN4O4/c1-5-34-24(32)22-20(16-29-10-7-11-30(13-12-29)21(31)14-17(2)3)28(4)25(33)27-23(22)18-8-6-9-19(26)15-18/h6,8-9,15,17,23H,5,7,10-14,16H2,1-4H3,(H,27,33). The number of rotatable bonds is 7. The molecule has 34 heavy (non-hydrogen) atoms. The van der Waals surface area contributed by atoms with Crippen molar-refractivity contribution in [3.8, 4) is 0 Å². The number of amides is 3. The number of nitrogens with one attached hydrogen (secondary N) is 1. The van der Waals surface area contributed by atoms with Crippen molar-refractivity contribution >= 4 is 17.9 Å². The summed E-state index contributed by atoms with van der Waals surface area (Å²) in [5, 5.41) is 2.81. The maximum Gasteiger partial charge on any atom is 0.338 e. The lowest BCUT2D eigenvalue weighted by Gasteiger charge is -2.36. The van der Waals surface area contributed by atoms with Gasteiger partial charge in [0.25, 0.3) is 0 Å². The molecule has 2 aliphatic rings. The van der Waals surface area contributed by atoms with Crippen LogP contribution in [0.15, 0.2) is 35.5 Å². The van der Waals surface area contributed by atoms with Crippen LogP contribution in [0.1, 0.15) is 45.2 Å². The minimum absolute atomic E-state index is 0.156. The van der Waals surface area contributed by atoms with E-state index in [-0.39, 0.29) is 18.5 Å². The van der Waals surface area contributed by atoms with Crippen LogP contribution in [0.25, 0.3) is 0 Å². The third-order valence-corrected chi connectivity index (χ3v) is 6.15. The molecule has 2 aliphatic heterocycles. The SMILES string of the molecule is CCOC(=O)C1=C(CN2CCCN(C(=O)CC(C)C)CC2)N(C)C(=O)NC1c1cccc(F)c1. The largest absolute Gasteiger partial charge is 0.463 e. The van der Waals surface area contributed by atoms with E-state index in [0.29, 0.717) is 55.4 Å². The average molecular weight is 475 g/mol. The number of hydrogen-bond donors (Lipinski definition) is 1. The molecule has 0 saturated carbocycles. The van der Waals surface area contributed by atoms with Crippen LogP contribution < -0.4 is 5.32 Å². The highest BCUT2D eigenvalue weighted by molar-refractivity contribution is 5.95. The molecule has 1 aromatic carbocycles. The Labute approximate surface area is 200 Å². The first-order chi connectivity index (χ1) is 16.2. The molecule has 0 radical (unpaired) electrons. The van der Waals surface area contributed by atoms with E-state index in [0.717, 1.165) is 13.0 Å². The topological polar surface area (TPSA) is 82.2 Å². The van der Waals surface area contributed by atoms with Crippen molar-refractivity contribution < 1.29 is 23.5 Å². The highest BCUT2D eigenvalue weighted by Crippen LogP contribution is 2.32. The van der Waals surface area contributed by atoms with Crippen LogP contribution in [-0.4, -0.2) is 79.0 Å². The minimum atomic E-state index is -0.815. The first kappa shape index (κ1) is 25.7. The Kier molecular flexibility index (Phi) is 8.66. The molecule has 0 aromatic heterocycles. The van der Waals surface area contributed by atoms with Gasteiger partial charge in [0, 0.05) is 51.9 Å². The number of ether oxygens (including phenoxy) is 1. The third-order valence-electron chi connectivity index (χ3n) is 6.15. The molecular formula is C25H35FN4O4. The molecule has 1 fully saturated rings. The molecule has 1 saturated heterocycles. The number of hydrogen-bond acceptors (Lipinski definition) is 5. The first-order valence-corrected chi connectivity index (χ1v) is 11.9. The van der Waals surface area contributed by atoms with E-state index in [1.807, 2.05) is 18.7 Å². The molecule has 1 N–H and O–H groups in total. The van der Waals surface area contributed by atoms with Gasteiger partial charge in [0.2, 0.25) is 5.91 Å². The van der Waals surface area contributed by atoms with E-state index in [1.165, 1.54) is 17.0 Å². The van der Waals surface area contributed by atoms with E-state index in [2.05, 4.69) is 10.2 Å². The van der Waals surface area contributed by atoms with Gasteiger partial charge in [0.15, 0.2) is 0 Å². The summed E-state index contributed by atoms with van der Waals surface area (Å²) in [4.78, 5) is 43.9. The van der Waals surface area contributed by atoms with Crippen LogP contribution in [-0.2, 0) is 14.3 Å². The van der Waals surface area contributed by atoms with E-state index < -0.39 is 17.8 Å². The fourth-order valence-corrected chi connectivity index (χ4v) is 4.40. The van der Waals surface area contributed by atoms with E-state index >= 15 is 0 Å². The van der Waals surface area contributed by atoms with Crippen LogP contribution in [0.4, 0.5) is 9.18 Å². The zero-order valence-corrected chi connectivity index (χ0v) is 20.5. The quantitative estimate of drug-likeness (QED) is 0.615. The summed E-state index contributed by atoms with van der Waals surface area (Å²) in [6, 6.07) is 4.68. The lowest BCUT2D eigenvalue weighted by Crippen LogP contribution is -2.49. The maximum absolute atomic E-state index is 14.0. The predicted molar refractivity (Wildman–Crippen MR) is 126 cm³/mol. The first-order valence-electron chi connectivity index (χ1n) is 11.9. The summed E-state index contributed by atoms with van der Waals surface area (Å²) in [5.41, 5.74) is 1.30. The van der Waals surface area contributed by atoms with E-state index in [4.69, 9.17) is 4.74 Å². The van der Waals surface area contributed by atoms with Gasteiger partial charge >= 0.3 is 12.0 Å². The summed E-state index contributed by atoms with van der Waals surface area (Å²) in [5.74, 6) is -0.529. The van der Waals surface area contributed by atoms with Gasteiger partial charge in [-0.1, -0.05) is 26.0 Å². The van der Waals surface area contributed by atoms with Crippen molar-refractivity contribution in [3.63, 3.8) is 0 Å². The van der Waals surface area contributed by atoms with Crippen LogP contribution in [0, 0.1) is 11.7 Å². The molecule has 9 heteroatoms. The minimum Gasteiger partial charge on any atom is -0.463 e. The molecule has 1 atom stereocenters. The fourth-order valence-electron chi connectivity index (χ4n) is 4.40. The Morgan fingerprint density at radius 3 is 2.65 bits per heavy atom. The van der Waals surface area contributed by atoms with Crippen molar-refractivity contribution in [2.45, 2.75) is 39.7 Å². The molecule has 3 rings (SSSR count). The van der Waals surface area contributed by atoms with Gasteiger partial charge in [-0.15, -0.1) is 0 Å². The highest BCUT2D eigenvalue weighted by atomic mass is 19.1. The van der Waals surface area contributed by atoms with Crippen LogP contribution in [0.2, 0.25) is 0 Å². The molecule has 0 aliphatic carbocycles. The number of urea groups is 1. The molecule has 2 heterocycles. The lowest BCUT2D eigenvalue weighted by atomic mass is 9.94. The number of carbonyl (C=O) groups is 3. The Morgan fingerprint density at radius 1 is 1.21 bits per heavy atom. The van der Waals surface area contributed by atoms with Gasteiger partial charge in [-0.05, 0) is 37.0 Å². The lowest BCUT2D eigenvalue weighted by molar-refractivity contribution is -0.139. The number of nitrogens with zero attached hydrogens (tertiary/aromatic N) is 3. The van der Waals surface area contributed by atoms with Gasteiger partial charge in [-0.3, -0.25) is 14.6 Å². The van der Waals surface area contributed by atoms with Crippen molar-refractivity contribution in [3.05, 3.63) is 46.9 Å². The van der Waals surface area contributed by atoms with Crippen molar-refractivity contribution in [2.24, 2.45) is 5.92 Å². The number of halogens is 1. The van der Waals surface area contributed by atoms with Crippen molar-refractivity contribution in [2.75, 3.05) is 46.4 Å². The van der Waals surface area contributed by atoms with E-state index in [1.54, 1.807) is 26.1 Å². The fraction of sp³-hybridized carbons (Fsp3) is 0.560. The summed E-state index contributed by atoms with van der Waals surface area (Å²) >= 11 is 0. The molecule has 0 spiro atoms. The predicted octanol–water partition coefficient (Wildman–Crippen LogP) is 2.92. The molecule has 1 aromatic rings. The Balaban J connectivity index is 1.90. The second kappa shape index (κ2) is 11.5. The zero-order valence-electron chi connectivity index (χ0n) is 20.5. The van der Waals surface area contributed by atoms with Gasteiger partial charge in [-0.25, -0.2) is 14.0 Å². The number of likely N-dealkylation sites (N-methyl/N-ethyl adjacent to an activating group) is 1. The van der Waals surface area contributed by atoms with Crippen LogP contribution >= 0.6 is 0 Å². The molecule has 1 unspecified atom stereocenters. The summed E-state index contributed by atoms with van der Waals surface area (Å²) in [6.45, 7) is 8.95. The van der Waals surface area contributed by atoms with Crippen molar-refractivity contribution in [1.29, 1.82) is 0 Å². The smallest absolute Gasteiger partial charge is 0.338 e. The molecule has 186 valence electrons. The van der Waals surface area contributed by atoms with Gasteiger partial charge in [0.1, 0.15) is 5.82 Å². The van der Waals surface area contributed by atoms with Crippen molar-refractivity contribution in [1.82, 2.24) is 20.0 Å². The molecule has 0 bridgehead atoms. The summed E-state index contributed by atoms with van der Waals surface area (Å²) in [7, 11) is 1.61. The van der Waals surface area contributed by atoms with Gasteiger partial charge in [0.05, 0.1) is 18.2 Å².